The zero-order valence-electron chi connectivity index (χ0n) is 12.5. The number of likely N-dealkylation sites (N-methyl/N-ethyl adjacent to an activating group) is 1. The number of benzene rings is 2. The molecule has 0 aliphatic heterocycles. The molecule has 2 nitrogen and oxygen atoms in total. The van der Waals surface area contributed by atoms with Crippen molar-refractivity contribution < 1.29 is 4.74 Å². The predicted molar refractivity (Wildman–Crippen MR) is 83.9 cm³/mol. The minimum atomic E-state index is 0.0579. The average Bonchev–Trinajstić information content (AvgIpc) is 2.50. The number of hydrogen-bond donors (Lipinski definition) is 1. The number of hydrogen-bond acceptors (Lipinski definition) is 2. The van der Waals surface area contributed by atoms with Crippen molar-refractivity contribution in [1.29, 1.82) is 0 Å². The summed E-state index contributed by atoms with van der Waals surface area (Å²) >= 11 is 0. The minimum absolute atomic E-state index is 0.0579. The number of ether oxygens (including phenoxy) is 1. The molecule has 2 aromatic rings. The van der Waals surface area contributed by atoms with Gasteiger partial charge in [0.25, 0.3) is 0 Å². The summed E-state index contributed by atoms with van der Waals surface area (Å²) in [7, 11) is 3.77. The highest BCUT2D eigenvalue weighted by atomic mass is 16.5. The summed E-state index contributed by atoms with van der Waals surface area (Å²) in [5.41, 5.74) is 3.83. The van der Waals surface area contributed by atoms with Crippen molar-refractivity contribution in [3.8, 4) is 0 Å². The van der Waals surface area contributed by atoms with Crippen molar-refractivity contribution in [2.45, 2.75) is 25.5 Å². The van der Waals surface area contributed by atoms with Gasteiger partial charge in [0.15, 0.2) is 0 Å². The van der Waals surface area contributed by atoms with E-state index in [4.69, 9.17) is 4.74 Å². The standard InChI is InChI=1S/C18H23NO/c1-14-9-11-15(12-10-14)13-17(19-2)18(20-3)16-7-5-4-6-8-16/h4-12,17-19H,13H2,1-3H3. The van der Waals surface area contributed by atoms with Crippen molar-refractivity contribution in [3.63, 3.8) is 0 Å². The Hall–Kier alpha value is -1.64. The molecule has 0 saturated heterocycles. The highest BCUT2D eigenvalue weighted by Gasteiger charge is 2.21. The maximum absolute atomic E-state index is 5.72. The molecule has 0 fully saturated rings. The lowest BCUT2D eigenvalue weighted by atomic mass is 9.95. The lowest BCUT2D eigenvalue weighted by Gasteiger charge is -2.26. The van der Waals surface area contributed by atoms with Gasteiger partial charge < -0.3 is 10.1 Å². The van der Waals surface area contributed by atoms with Gasteiger partial charge >= 0.3 is 0 Å². The van der Waals surface area contributed by atoms with E-state index >= 15 is 0 Å². The van der Waals surface area contributed by atoms with Crippen LogP contribution in [0.2, 0.25) is 0 Å². The molecule has 0 aliphatic rings. The van der Waals surface area contributed by atoms with E-state index in [9.17, 15) is 0 Å². The summed E-state index contributed by atoms with van der Waals surface area (Å²) in [6, 6.07) is 19.3. The van der Waals surface area contributed by atoms with Gasteiger partial charge in [0.1, 0.15) is 0 Å². The fraction of sp³-hybridized carbons (Fsp3) is 0.333. The molecule has 106 valence electrons. The molecule has 0 saturated carbocycles. The van der Waals surface area contributed by atoms with Crippen molar-refractivity contribution in [2.24, 2.45) is 0 Å². The van der Waals surface area contributed by atoms with Gasteiger partial charge in [-0.25, -0.2) is 0 Å². The first kappa shape index (κ1) is 14.8. The van der Waals surface area contributed by atoms with E-state index in [0.717, 1.165) is 6.42 Å². The van der Waals surface area contributed by atoms with Crippen molar-refractivity contribution in [2.75, 3.05) is 14.2 Å². The maximum Gasteiger partial charge on any atom is 0.0977 e. The number of methoxy groups -OCH3 is 1. The summed E-state index contributed by atoms with van der Waals surface area (Å²) in [4.78, 5) is 0. The Kier molecular flexibility index (Phi) is 5.33. The highest BCUT2D eigenvalue weighted by molar-refractivity contribution is 5.24. The lowest BCUT2D eigenvalue weighted by molar-refractivity contribution is 0.0704. The quantitative estimate of drug-likeness (QED) is 0.866. The monoisotopic (exact) mass is 269 g/mol. The van der Waals surface area contributed by atoms with Crippen LogP contribution in [0.25, 0.3) is 0 Å². The second-order valence-corrected chi connectivity index (χ2v) is 5.15. The van der Waals surface area contributed by atoms with Crippen molar-refractivity contribution in [1.82, 2.24) is 5.32 Å². The molecule has 1 N–H and O–H groups in total. The molecule has 2 heteroatoms. The van der Waals surface area contributed by atoms with E-state index in [0.29, 0.717) is 0 Å². The van der Waals surface area contributed by atoms with Gasteiger partial charge in [-0.3, -0.25) is 0 Å². The number of aryl methyl sites for hydroxylation is 1. The van der Waals surface area contributed by atoms with Crippen LogP contribution in [0, 0.1) is 6.92 Å². The molecule has 2 aromatic carbocycles. The Morgan fingerprint density at radius 3 is 2.20 bits per heavy atom. The fourth-order valence-electron chi connectivity index (χ4n) is 2.51. The third kappa shape index (κ3) is 3.69. The minimum Gasteiger partial charge on any atom is -0.375 e. The van der Waals surface area contributed by atoms with Gasteiger partial charge in [-0.1, -0.05) is 60.2 Å². The van der Waals surface area contributed by atoms with E-state index in [-0.39, 0.29) is 12.1 Å². The Morgan fingerprint density at radius 2 is 1.65 bits per heavy atom. The molecule has 0 amide bonds. The number of nitrogens with one attached hydrogen (secondary N) is 1. The first-order chi connectivity index (χ1) is 9.74. The predicted octanol–water partition coefficient (Wildman–Crippen LogP) is 3.51. The van der Waals surface area contributed by atoms with Crippen molar-refractivity contribution in [3.05, 3.63) is 71.3 Å². The van der Waals surface area contributed by atoms with Crippen molar-refractivity contribution >= 4 is 0 Å². The van der Waals surface area contributed by atoms with E-state index < -0.39 is 0 Å². The SMILES string of the molecule is CNC(Cc1ccc(C)cc1)C(OC)c1ccccc1. The zero-order valence-corrected chi connectivity index (χ0v) is 12.5. The molecular weight excluding hydrogens is 246 g/mol. The Labute approximate surface area is 121 Å². The normalized spacial score (nSPS) is 13.9. The van der Waals surface area contributed by atoms with Gasteiger partial charge in [0.2, 0.25) is 0 Å². The van der Waals surface area contributed by atoms with Crippen LogP contribution in [0.3, 0.4) is 0 Å². The Morgan fingerprint density at radius 1 is 1.00 bits per heavy atom. The summed E-state index contributed by atoms with van der Waals surface area (Å²) in [5.74, 6) is 0. The molecule has 2 rings (SSSR count). The summed E-state index contributed by atoms with van der Waals surface area (Å²) in [6.07, 6.45) is 1.01. The molecular formula is C18H23NO. The van der Waals surface area contributed by atoms with Crippen LogP contribution in [0.15, 0.2) is 54.6 Å². The van der Waals surface area contributed by atoms with Crippen LogP contribution in [0.1, 0.15) is 22.8 Å². The van der Waals surface area contributed by atoms with Gasteiger partial charge in [0.05, 0.1) is 6.10 Å². The largest absolute Gasteiger partial charge is 0.375 e. The second-order valence-electron chi connectivity index (χ2n) is 5.15. The molecule has 2 atom stereocenters. The van der Waals surface area contributed by atoms with E-state index in [1.54, 1.807) is 7.11 Å². The number of rotatable bonds is 6. The molecule has 20 heavy (non-hydrogen) atoms. The second kappa shape index (κ2) is 7.22. The zero-order chi connectivity index (χ0) is 14.4. The molecule has 2 unspecified atom stereocenters. The topological polar surface area (TPSA) is 21.3 Å². The van der Waals surface area contributed by atoms with Gasteiger partial charge in [-0.15, -0.1) is 0 Å². The molecule has 0 radical (unpaired) electrons. The van der Waals surface area contributed by atoms with Crippen LogP contribution in [0.5, 0.6) is 0 Å². The van der Waals surface area contributed by atoms with E-state index in [2.05, 4.69) is 60.8 Å². The van der Waals surface area contributed by atoms with Crippen LogP contribution in [0.4, 0.5) is 0 Å². The molecule has 0 aliphatic carbocycles. The molecule has 0 spiro atoms. The highest BCUT2D eigenvalue weighted by Crippen LogP contribution is 2.23. The van der Waals surface area contributed by atoms with Gasteiger partial charge in [-0.2, -0.15) is 0 Å². The smallest absolute Gasteiger partial charge is 0.0977 e. The van der Waals surface area contributed by atoms with Crippen LogP contribution in [-0.2, 0) is 11.2 Å². The summed E-state index contributed by atoms with van der Waals surface area (Å²) < 4.78 is 5.72. The third-order valence-electron chi connectivity index (χ3n) is 3.69. The maximum atomic E-state index is 5.72. The van der Waals surface area contributed by atoms with Crippen LogP contribution < -0.4 is 5.32 Å². The fourth-order valence-corrected chi connectivity index (χ4v) is 2.51. The van der Waals surface area contributed by atoms with Gasteiger partial charge in [0, 0.05) is 13.2 Å². The van der Waals surface area contributed by atoms with Gasteiger partial charge in [-0.05, 0) is 31.5 Å². The first-order valence-electron chi connectivity index (χ1n) is 7.05. The summed E-state index contributed by atoms with van der Waals surface area (Å²) in [5, 5.41) is 3.39. The molecule has 0 heterocycles. The van der Waals surface area contributed by atoms with Crippen LogP contribution in [-0.4, -0.2) is 20.2 Å². The van der Waals surface area contributed by atoms with E-state index in [1.807, 2.05) is 13.1 Å². The Bertz CT molecular complexity index is 507. The lowest BCUT2D eigenvalue weighted by Crippen LogP contribution is -2.35. The first-order valence-corrected chi connectivity index (χ1v) is 7.05. The average molecular weight is 269 g/mol. The summed E-state index contributed by atoms with van der Waals surface area (Å²) in [6.45, 7) is 2.11. The molecule has 0 aromatic heterocycles. The Balaban J connectivity index is 2.15. The molecule has 0 bridgehead atoms. The van der Waals surface area contributed by atoms with Crippen LogP contribution >= 0.6 is 0 Å². The van der Waals surface area contributed by atoms with E-state index in [1.165, 1.54) is 16.7 Å². The third-order valence-corrected chi connectivity index (χ3v) is 3.69.